The second kappa shape index (κ2) is 5.26. The third kappa shape index (κ3) is 3.22. The van der Waals surface area contributed by atoms with E-state index < -0.39 is 0 Å². The van der Waals surface area contributed by atoms with Crippen molar-refractivity contribution in [2.75, 3.05) is 12.4 Å². The first kappa shape index (κ1) is 13.3. The van der Waals surface area contributed by atoms with E-state index in [1.54, 1.807) is 19.4 Å². The van der Waals surface area contributed by atoms with Crippen molar-refractivity contribution in [2.24, 2.45) is 0 Å². The summed E-state index contributed by atoms with van der Waals surface area (Å²) in [6.07, 6.45) is 3.27. The summed E-state index contributed by atoms with van der Waals surface area (Å²) in [6.45, 7) is 6.47. The highest BCUT2D eigenvalue weighted by Gasteiger charge is 2.19. The summed E-state index contributed by atoms with van der Waals surface area (Å²) in [7, 11) is 1.80. The number of nitrogens with one attached hydrogen (secondary N) is 1. The molecular weight excluding hydrogens is 238 g/mol. The van der Waals surface area contributed by atoms with Crippen molar-refractivity contribution < 1.29 is 4.74 Å². The van der Waals surface area contributed by atoms with E-state index in [0.29, 0.717) is 11.7 Å². The van der Waals surface area contributed by atoms with Crippen molar-refractivity contribution in [1.29, 1.82) is 0 Å². The monoisotopic (exact) mass is 257 g/mol. The zero-order valence-electron chi connectivity index (χ0n) is 11.8. The highest BCUT2D eigenvalue weighted by atomic mass is 16.5. The van der Waals surface area contributed by atoms with E-state index in [4.69, 9.17) is 4.74 Å². The molecule has 0 amide bonds. The summed E-state index contributed by atoms with van der Waals surface area (Å²) in [6, 6.07) is 8.00. The number of ether oxygens (including phenoxy) is 1. The maximum Gasteiger partial charge on any atom is 0.239 e. The minimum absolute atomic E-state index is 0.0185. The molecule has 100 valence electrons. The Kier molecular flexibility index (Phi) is 3.69. The number of nitrogens with zero attached hydrogens (tertiary/aromatic N) is 2. The van der Waals surface area contributed by atoms with Crippen LogP contribution in [0.4, 0.5) is 5.82 Å². The summed E-state index contributed by atoms with van der Waals surface area (Å²) in [4.78, 5) is 8.41. The number of aromatic nitrogens is 2. The Bertz CT molecular complexity index is 561. The Hall–Kier alpha value is -2.10. The Morgan fingerprint density at radius 2 is 1.84 bits per heavy atom. The van der Waals surface area contributed by atoms with Crippen molar-refractivity contribution in [2.45, 2.75) is 26.2 Å². The third-order valence-electron chi connectivity index (χ3n) is 2.78. The molecule has 0 bridgehead atoms. The summed E-state index contributed by atoms with van der Waals surface area (Å²) in [5.74, 6) is 1.99. The van der Waals surface area contributed by atoms with Crippen LogP contribution in [-0.4, -0.2) is 17.0 Å². The van der Waals surface area contributed by atoms with E-state index in [0.717, 1.165) is 11.3 Å². The predicted octanol–water partition coefficient (Wildman–Crippen LogP) is 3.61. The Balaban J connectivity index is 2.33. The van der Waals surface area contributed by atoms with Gasteiger partial charge in [0.25, 0.3) is 0 Å². The number of hydrogen-bond donors (Lipinski definition) is 1. The number of benzene rings is 1. The molecule has 0 unspecified atom stereocenters. The fourth-order valence-corrected chi connectivity index (χ4v) is 1.81. The van der Waals surface area contributed by atoms with Crippen LogP contribution in [-0.2, 0) is 5.41 Å². The van der Waals surface area contributed by atoms with Gasteiger partial charge in [0.2, 0.25) is 5.88 Å². The molecule has 0 aliphatic heterocycles. The second-order valence-electron chi connectivity index (χ2n) is 5.34. The van der Waals surface area contributed by atoms with Crippen molar-refractivity contribution in [1.82, 2.24) is 9.97 Å². The third-order valence-corrected chi connectivity index (χ3v) is 2.78. The van der Waals surface area contributed by atoms with Gasteiger partial charge in [-0.05, 0) is 11.5 Å². The van der Waals surface area contributed by atoms with Crippen molar-refractivity contribution in [3.8, 4) is 11.6 Å². The van der Waals surface area contributed by atoms with Gasteiger partial charge in [-0.25, -0.2) is 0 Å². The van der Waals surface area contributed by atoms with Crippen LogP contribution in [0, 0.1) is 0 Å². The zero-order chi connectivity index (χ0) is 13.9. The maximum atomic E-state index is 5.86. The lowest BCUT2D eigenvalue weighted by Gasteiger charge is -2.22. The first-order valence-electron chi connectivity index (χ1n) is 6.28. The quantitative estimate of drug-likeness (QED) is 0.912. The maximum absolute atomic E-state index is 5.86. The molecule has 0 atom stereocenters. The van der Waals surface area contributed by atoms with E-state index >= 15 is 0 Å². The number of rotatable bonds is 3. The van der Waals surface area contributed by atoms with Crippen LogP contribution in [0.1, 0.15) is 26.3 Å². The summed E-state index contributed by atoms with van der Waals surface area (Å²) >= 11 is 0. The molecule has 4 heteroatoms. The van der Waals surface area contributed by atoms with E-state index in [1.165, 1.54) is 0 Å². The van der Waals surface area contributed by atoms with Crippen LogP contribution in [0.3, 0.4) is 0 Å². The molecule has 1 heterocycles. The zero-order valence-corrected chi connectivity index (χ0v) is 11.8. The molecule has 1 aromatic carbocycles. The smallest absolute Gasteiger partial charge is 0.239 e. The lowest BCUT2D eigenvalue weighted by Crippen LogP contribution is -2.12. The first-order chi connectivity index (χ1) is 9.00. The Labute approximate surface area is 113 Å². The van der Waals surface area contributed by atoms with Gasteiger partial charge in [0.1, 0.15) is 11.6 Å². The SMILES string of the molecule is CNc1cncc(Oc2ccccc2C(C)(C)C)n1. The summed E-state index contributed by atoms with van der Waals surface area (Å²) < 4.78 is 5.86. The molecule has 2 rings (SSSR count). The number of anilines is 1. The van der Waals surface area contributed by atoms with Crippen LogP contribution in [0.2, 0.25) is 0 Å². The van der Waals surface area contributed by atoms with Crippen LogP contribution in [0.25, 0.3) is 0 Å². The lowest BCUT2D eigenvalue weighted by atomic mass is 9.86. The average molecular weight is 257 g/mol. The van der Waals surface area contributed by atoms with Crippen LogP contribution in [0.15, 0.2) is 36.7 Å². The van der Waals surface area contributed by atoms with Crippen LogP contribution in [0.5, 0.6) is 11.6 Å². The van der Waals surface area contributed by atoms with E-state index in [9.17, 15) is 0 Å². The minimum atomic E-state index is 0.0185. The van der Waals surface area contributed by atoms with Crippen molar-refractivity contribution in [3.63, 3.8) is 0 Å². The van der Waals surface area contributed by atoms with E-state index in [-0.39, 0.29) is 5.41 Å². The molecule has 1 aromatic heterocycles. The van der Waals surface area contributed by atoms with Crippen molar-refractivity contribution in [3.05, 3.63) is 42.2 Å². The van der Waals surface area contributed by atoms with Gasteiger partial charge in [0, 0.05) is 12.6 Å². The fraction of sp³-hybridized carbons (Fsp3) is 0.333. The normalized spacial score (nSPS) is 11.2. The Morgan fingerprint density at radius 1 is 1.11 bits per heavy atom. The molecule has 2 aromatic rings. The molecule has 19 heavy (non-hydrogen) atoms. The van der Waals surface area contributed by atoms with Crippen LogP contribution >= 0.6 is 0 Å². The van der Waals surface area contributed by atoms with E-state index in [1.807, 2.05) is 18.2 Å². The molecule has 0 saturated carbocycles. The van der Waals surface area contributed by atoms with Crippen molar-refractivity contribution >= 4 is 5.82 Å². The predicted molar refractivity (Wildman–Crippen MR) is 76.8 cm³/mol. The molecule has 0 radical (unpaired) electrons. The minimum Gasteiger partial charge on any atom is -0.437 e. The van der Waals surface area contributed by atoms with Gasteiger partial charge in [-0.15, -0.1) is 0 Å². The second-order valence-corrected chi connectivity index (χ2v) is 5.34. The van der Waals surface area contributed by atoms with E-state index in [2.05, 4.69) is 42.1 Å². The van der Waals surface area contributed by atoms with Gasteiger partial charge in [-0.2, -0.15) is 4.98 Å². The molecule has 0 aliphatic rings. The highest BCUT2D eigenvalue weighted by molar-refractivity contribution is 5.41. The lowest BCUT2D eigenvalue weighted by molar-refractivity contribution is 0.438. The molecular formula is C15H19N3O. The molecule has 0 saturated heterocycles. The topological polar surface area (TPSA) is 47.0 Å². The average Bonchev–Trinajstić information content (AvgIpc) is 2.38. The largest absolute Gasteiger partial charge is 0.437 e. The summed E-state index contributed by atoms with van der Waals surface area (Å²) in [5.41, 5.74) is 1.16. The van der Waals surface area contributed by atoms with Gasteiger partial charge in [0.05, 0.1) is 12.4 Å². The standard InChI is InChI=1S/C15H19N3O/c1-15(2,3)11-7-5-6-8-12(11)19-14-10-17-9-13(16-4)18-14/h5-10H,1-4H3,(H,16,18). The molecule has 1 N–H and O–H groups in total. The molecule has 0 aliphatic carbocycles. The summed E-state index contributed by atoms with van der Waals surface area (Å²) in [5, 5.41) is 2.94. The van der Waals surface area contributed by atoms with Gasteiger partial charge in [-0.1, -0.05) is 39.0 Å². The highest BCUT2D eigenvalue weighted by Crippen LogP contribution is 2.33. The van der Waals surface area contributed by atoms with Gasteiger partial charge in [0.15, 0.2) is 0 Å². The first-order valence-corrected chi connectivity index (χ1v) is 6.28. The van der Waals surface area contributed by atoms with Gasteiger partial charge in [-0.3, -0.25) is 4.98 Å². The fourth-order valence-electron chi connectivity index (χ4n) is 1.81. The number of hydrogen-bond acceptors (Lipinski definition) is 4. The molecule has 0 spiro atoms. The number of para-hydroxylation sites is 1. The van der Waals surface area contributed by atoms with Crippen LogP contribution < -0.4 is 10.1 Å². The molecule has 4 nitrogen and oxygen atoms in total. The Morgan fingerprint density at radius 3 is 2.53 bits per heavy atom. The van der Waals surface area contributed by atoms with Gasteiger partial charge >= 0.3 is 0 Å². The van der Waals surface area contributed by atoms with Gasteiger partial charge < -0.3 is 10.1 Å². The molecule has 0 fully saturated rings.